The molecule has 0 spiro atoms. The van der Waals surface area contributed by atoms with Crippen molar-refractivity contribution in [1.82, 2.24) is 0 Å². The van der Waals surface area contributed by atoms with Crippen LogP contribution in [0, 0.1) is 0 Å². The molecule has 1 aromatic rings. The molecule has 0 heterocycles. The Kier molecular flexibility index (Phi) is 6.65. The molecule has 0 aliphatic heterocycles. The number of halogens is 3. The minimum atomic E-state index is -4.64. The molecule has 0 N–H and O–H groups in total. The van der Waals surface area contributed by atoms with Gasteiger partial charge in [0.05, 0.1) is 0 Å². The predicted octanol–water partition coefficient (Wildman–Crippen LogP) is 5.39. The Morgan fingerprint density at radius 3 is 2.05 bits per heavy atom. The van der Waals surface area contributed by atoms with Gasteiger partial charge in [-0.05, 0) is 35.3 Å². The van der Waals surface area contributed by atoms with Crippen molar-refractivity contribution in [2.45, 2.75) is 20.2 Å². The van der Waals surface area contributed by atoms with E-state index in [9.17, 15) is 13.2 Å². The number of hydrogen-bond acceptors (Lipinski definition) is 3. The van der Waals surface area contributed by atoms with Crippen molar-refractivity contribution >= 4 is 29.6 Å². The number of ether oxygens (including phenoxy) is 1. The van der Waals surface area contributed by atoms with Crippen LogP contribution < -0.4 is 4.74 Å². The highest BCUT2D eigenvalue weighted by Gasteiger charge is 2.30. The second kappa shape index (κ2) is 7.75. The molecule has 0 unspecified atom stereocenters. The molecule has 19 heavy (non-hydrogen) atoms. The Hall–Kier alpha value is -0.750. The molecule has 1 aromatic carbocycles. The van der Waals surface area contributed by atoms with E-state index in [1.54, 1.807) is 35.7 Å². The molecule has 0 radical (unpaired) electrons. The first-order valence-electron chi connectivity index (χ1n) is 5.77. The van der Waals surface area contributed by atoms with Crippen molar-refractivity contribution in [3.63, 3.8) is 0 Å². The highest BCUT2D eigenvalue weighted by Crippen LogP contribution is 2.31. The monoisotopic (exact) mass is 308 g/mol. The van der Waals surface area contributed by atoms with Crippen LogP contribution in [-0.4, -0.2) is 17.9 Å². The molecule has 0 aliphatic rings. The Morgan fingerprint density at radius 2 is 1.63 bits per heavy atom. The number of thioether (sulfide) groups is 2. The predicted molar refractivity (Wildman–Crippen MR) is 77.4 cm³/mol. The molecule has 0 aliphatic carbocycles. The fraction of sp³-hybridized carbons (Fsp3) is 0.385. The lowest BCUT2D eigenvalue weighted by atomic mass is 10.2. The lowest BCUT2D eigenvalue weighted by molar-refractivity contribution is -0.274. The molecular weight excluding hydrogens is 293 g/mol. The fourth-order valence-electron chi connectivity index (χ4n) is 1.31. The SMILES string of the molecule is CCSC(=Cc1ccc(OC(F)(F)F)cc1)SCC. The molecule has 0 saturated carbocycles. The smallest absolute Gasteiger partial charge is 0.406 e. The molecular formula is C13H15F3OS2. The topological polar surface area (TPSA) is 9.23 Å². The molecule has 1 rings (SSSR count). The van der Waals surface area contributed by atoms with Gasteiger partial charge in [0.2, 0.25) is 0 Å². The van der Waals surface area contributed by atoms with Gasteiger partial charge in [0.1, 0.15) is 5.75 Å². The van der Waals surface area contributed by atoms with Gasteiger partial charge in [-0.2, -0.15) is 0 Å². The number of hydrogen-bond donors (Lipinski definition) is 0. The van der Waals surface area contributed by atoms with Crippen molar-refractivity contribution in [3.05, 3.63) is 34.1 Å². The Morgan fingerprint density at radius 1 is 1.11 bits per heavy atom. The quantitative estimate of drug-likeness (QED) is 0.697. The van der Waals surface area contributed by atoms with Crippen molar-refractivity contribution in [1.29, 1.82) is 0 Å². The van der Waals surface area contributed by atoms with Crippen molar-refractivity contribution in [3.8, 4) is 5.75 Å². The summed E-state index contributed by atoms with van der Waals surface area (Å²) in [4.78, 5) is 0. The lowest BCUT2D eigenvalue weighted by Crippen LogP contribution is -2.16. The second-order valence-electron chi connectivity index (χ2n) is 3.45. The largest absolute Gasteiger partial charge is 0.573 e. The summed E-state index contributed by atoms with van der Waals surface area (Å²) in [5, 5.41) is 0. The van der Waals surface area contributed by atoms with Crippen LogP contribution in [0.1, 0.15) is 19.4 Å². The van der Waals surface area contributed by atoms with Crippen LogP contribution in [0.25, 0.3) is 6.08 Å². The van der Waals surface area contributed by atoms with Gasteiger partial charge in [0.15, 0.2) is 0 Å². The minimum Gasteiger partial charge on any atom is -0.406 e. The summed E-state index contributed by atoms with van der Waals surface area (Å²) in [6.07, 6.45) is -2.67. The highest BCUT2D eigenvalue weighted by molar-refractivity contribution is 8.22. The second-order valence-corrected chi connectivity index (χ2v) is 6.32. The van der Waals surface area contributed by atoms with Gasteiger partial charge in [-0.3, -0.25) is 0 Å². The molecule has 6 heteroatoms. The van der Waals surface area contributed by atoms with Crippen LogP contribution in [-0.2, 0) is 0 Å². The summed E-state index contributed by atoms with van der Waals surface area (Å²) in [5.74, 6) is 1.74. The normalized spacial score (nSPS) is 11.2. The number of rotatable bonds is 6. The maximum atomic E-state index is 12.0. The molecule has 0 saturated heterocycles. The summed E-state index contributed by atoms with van der Waals surface area (Å²) < 4.78 is 41.0. The van der Waals surface area contributed by atoms with E-state index in [1.807, 2.05) is 6.08 Å². The van der Waals surface area contributed by atoms with Crippen molar-refractivity contribution in [2.24, 2.45) is 0 Å². The van der Waals surface area contributed by atoms with E-state index in [0.717, 1.165) is 21.3 Å². The minimum absolute atomic E-state index is 0.197. The molecule has 0 aromatic heterocycles. The average molecular weight is 308 g/mol. The van der Waals surface area contributed by atoms with E-state index in [2.05, 4.69) is 18.6 Å². The summed E-state index contributed by atoms with van der Waals surface area (Å²) in [7, 11) is 0. The van der Waals surface area contributed by atoms with Gasteiger partial charge in [-0.1, -0.05) is 26.0 Å². The maximum Gasteiger partial charge on any atom is 0.573 e. The summed E-state index contributed by atoms with van der Waals surface area (Å²) in [6, 6.07) is 5.88. The van der Waals surface area contributed by atoms with Crippen LogP contribution in [0.4, 0.5) is 13.2 Å². The fourth-order valence-corrected chi connectivity index (χ4v) is 3.36. The summed E-state index contributed by atoms with van der Waals surface area (Å²) in [5.41, 5.74) is 0.867. The van der Waals surface area contributed by atoms with Crippen LogP contribution in [0.5, 0.6) is 5.75 Å². The first-order chi connectivity index (χ1) is 8.94. The molecule has 0 atom stereocenters. The van der Waals surface area contributed by atoms with Gasteiger partial charge >= 0.3 is 6.36 Å². The Balaban J connectivity index is 2.77. The Labute approximate surface area is 119 Å². The van der Waals surface area contributed by atoms with Crippen molar-refractivity contribution < 1.29 is 17.9 Å². The van der Waals surface area contributed by atoms with Gasteiger partial charge in [-0.15, -0.1) is 36.7 Å². The van der Waals surface area contributed by atoms with Gasteiger partial charge in [0, 0.05) is 4.24 Å². The van der Waals surface area contributed by atoms with E-state index in [-0.39, 0.29) is 5.75 Å². The number of benzene rings is 1. The van der Waals surface area contributed by atoms with Crippen LogP contribution in [0.15, 0.2) is 28.5 Å². The van der Waals surface area contributed by atoms with Crippen molar-refractivity contribution in [2.75, 3.05) is 11.5 Å². The number of alkyl halides is 3. The first kappa shape index (κ1) is 16.3. The zero-order valence-corrected chi connectivity index (χ0v) is 12.3. The summed E-state index contributed by atoms with van der Waals surface area (Å²) >= 11 is 3.45. The van der Waals surface area contributed by atoms with Gasteiger partial charge in [-0.25, -0.2) is 0 Å². The van der Waals surface area contributed by atoms with Gasteiger partial charge in [0.25, 0.3) is 0 Å². The van der Waals surface area contributed by atoms with Crippen LogP contribution in [0.2, 0.25) is 0 Å². The third kappa shape index (κ3) is 6.82. The maximum absolute atomic E-state index is 12.0. The Bertz CT molecular complexity index is 405. The van der Waals surface area contributed by atoms with Gasteiger partial charge < -0.3 is 4.74 Å². The molecule has 0 bridgehead atoms. The molecule has 0 fully saturated rings. The highest BCUT2D eigenvalue weighted by atomic mass is 32.2. The third-order valence-electron chi connectivity index (χ3n) is 1.97. The van der Waals surface area contributed by atoms with Crippen LogP contribution >= 0.6 is 23.5 Å². The average Bonchev–Trinajstić information content (AvgIpc) is 2.30. The zero-order valence-electron chi connectivity index (χ0n) is 10.7. The van der Waals surface area contributed by atoms with E-state index in [4.69, 9.17) is 0 Å². The standard InChI is InChI=1S/C13H15F3OS2/c1-3-18-12(19-4-2)9-10-5-7-11(8-6-10)17-13(14,15)16/h5-9H,3-4H2,1-2H3. The molecule has 106 valence electrons. The first-order valence-corrected chi connectivity index (χ1v) is 7.74. The zero-order chi connectivity index (χ0) is 14.3. The lowest BCUT2D eigenvalue weighted by Gasteiger charge is -2.09. The van der Waals surface area contributed by atoms with E-state index >= 15 is 0 Å². The van der Waals surface area contributed by atoms with E-state index in [1.165, 1.54) is 12.1 Å². The summed E-state index contributed by atoms with van der Waals surface area (Å²) in [6.45, 7) is 4.13. The van der Waals surface area contributed by atoms with Crippen LogP contribution in [0.3, 0.4) is 0 Å². The third-order valence-corrected chi connectivity index (χ3v) is 4.06. The molecule has 1 nitrogen and oxygen atoms in total. The van der Waals surface area contributed by atoms with E-state index in [0.29, 0.717) is 0 Å². The van der Waals surface area contributed by atoms with E-state index < -0.39 is 6.36 Å². The molecule has 0 amide bonds.